The Labute approximate surface area is 366 Å². The Kier molecular flexibility index (Phi) is 19.9. The number of sulfonamides is 1. The number of urea groups is 1. The van der Waals surface area contributed by atoms with Crippen LogP contribution in [-0.2, 0) is 34.0 Å². The summed E-state index contributed by atoms with van der Waals surface area (Å²) < 4.78 is 28.8. The summed E-state index contributed by atoms with van der Waals surface area (Å²) in [6.07, 6.45) is 2.93. The van der Waals surface area contributed by atoms with E-state index in [-0.39, 0.29) is 65.4 Å². The molecule has 5 atom stereocenters. The normalized spacial score (nSPS) is 17.0. The highest BCUT2D eigenvalue weighted by Gasteiger charge is 2.40. The van der Waals surface area contributed by atoms with Crippen molar-refractivity contribution in [3.63, 3.8) is 0 Å². The molecule has 0 aromatic heterocycles. The second-order valence-corrected chi connectivity index (χ2v) is 19.5. The van der Waals surface area contributed by atoms with Crippen LogP contribution in [0.15, 0.2) is 40.8 Å². The van der Waals surface area contributed by atoms with Crippen molar-refractivity contribution in [1.82, 2.24) is 35.8 Å². The zero-order valence-electron chi connectivity index (χ0n) is 38.0. The van der Waals surface area contributed by atoms with Crippen LogP contribution in [0.25, 0.3) is 0 Å². The van der Waals surface area contributed by atoms with Crippen molar-refractivity contribution in [1.29, 1.82) is 0 Å². The van der Waals surface area contributed by atoms with Crippen molar-refractivity contribution >= 4 is 57.4 Å². The minimum absolute atomic E-state index is 0.0220. The molecule has 1 aliphatic heterocycles. The number of piperidine rings is 1. The van der Waals surface area contributed by atoms with Crippen LogP contribution >= 0.6 is 0 Å². The first-order valence-electron chi connectivity index (χ1n) is 21.0. The maximum Gasteiger partial charge on any atom is 0.405 e. The summed E-state index contributed by atoms with van der Waals surface area (Å²) in [6.45, 7) is 19.0. The largest absolute Gasteiger partial charge is 0.465 e. The molecule has 1 aromatic carbocycles. The van der Waals surface area contributed by atoms with Gasteiger partial charge in [0.2, 0.25) is 23.6 Å². The number of amides is 8. The summed E-state index contributed by atoms with van der Waals surface area (Å²) in [5, 5.41) is 21.9. The van der Waals surface area contributed by atoms with Crippen LogP contribution < -0.4 is 37.0 Å². The Balaban J connectivity index is 2.24. The lowest BCUT2D eigenvalue weighted by Crippen LogP contribution is -2.60. The van der Waals surface area contributed by atoms with E-state index in [0.717, 1.165) is 31.5 Å². The lowest BCUT2D eigenvalue weighted by atomic mass is 9.84. The van der Waals surface area contributed by atoms with E-state index in [1.807, 2.05) is 48.5 Å². The van der Waals surface area contributed by atoms with Gasteiger partial charge in [-0.25, -0.2) is 22.7 Å². The second kappa shape index (κ2) is 23.3. The Bertz CT molecular complexity index is 1900. The molecule has 2 rings (SSSR count). The average molecular weight is 892 g/mol. The molecular weight excluding hydrogens is 823 g/mol. The van der Waals surface area contributed by atoms with Crippen molar-refractivity contribution < 1.29 is 47.1 Å². The van der Waals surface area contributed by atoms with Crippen molar-refractivity contribution in [3.8, 4) is 0 Å². The monoisotopic (exact) mass is 891 g/mol. The van der Waals surface area contributed by atoms with E-state index >= 15 is 0 Å². The van der Waals surface area contributed by atoms with E-state index in [4.69, 9.17) is 5.73 Å². The number of nitrogens with one attached hydrogen (secondary N) is 6. The summed E-state index contributed by atoms with van der Waals surface area (Å²) >= 11 is 0. The molecule has 0 bridgehead atoms. The van der Waals surface area contributed by atoms with Gasteiger partial charge in [-0.15, -0.1) is 0 Å². The van der Waals surface area contributed by atoms with Crippen molar-refractivity contribution in [3.05, 3.63) is 35.9 Å². The van der Waals surface area contributed by atoms with Gasteiger partial charge in [-0.05, 0) is 94.5 Å². The number of anilines is 1. The average Bonchev–Trinajstić information content (AvgIpc) is 3.17. The van der Waals surface area contributed by atoms with Gasteiger partial charge in [-0.1, -0.05) is 61.0 Å². The van der Waals surface area contributed by atoms with Gasteiger partial charge in [-0.3, -0.25) is 28.9 Å². The molecule has 19 nitrogen and oxygen atoms in total. The number of likely N-dealkylation sites (N-methyl/N-ethyl adjacent to an activating group) is 1. The van der Waals surface area contributed by atoms with E-state index in [2.05, 4.69) is 36.2 Å². The number of benzene rings is 1. The predicted molar refractivity (Wildman–Crippen MR) is 235 cm³/mol. The fourth-order valence-electron chi connectivity index (χ4n) is 7.10. The van der Waals surface area contributed by atoms with Gasteiger partial charge in [0.1, 0.15) is 18.1 Å². The van der Waals surface area contributed by atoms with Crippen LogP contribution in [-0.4, -0.2) is 121 Å². The number of nitrogens with zero attached hydrogens (tertiary/aromatic N) is 2. The van der Waals surface area contributed by atoms with Crippen molar-refractivity contribution in [2.24, 2.45) is 23.0 Å². The fraction of sp³-hybridized carbons (Fsp3) is 0.643. The lowest BCUT2D eigenvalue weighted by Gasteiger charge is -2.41. The van der Waals surface area contributed by atoms with Gasteiger partial charge in [0.25, 0.3) is 15.9 Å². The molecule has 1 heterocycles. The molecule has 1 aliphatic rings. The number of primary amides is 1. The maximum absolute atomic E-state index is 14.2. The standard InChI is InChI=1S/C42H69N9O10S/c1-24(2)32(50(11)39(56)34(42(8,9)10)48-37(54)31-16-12-13-22-51(31)26(5)6)23-27(7)35(52)49-62(60,61)29-19-17-28(18-20-29)45-36(53)30(15-14-21-44-40(43)57)46-38(55)33(25(3)4)47-41(58)59/h17-20,23-26,30-34,47H,12-16,21-22H2,1-11H3,(H,45,53)(H,46,55)(H,48,54)(H,49,52)(H,58,59)(H3,43,44,57)/t30-,31+,32+,33-,34+/m0/s1. The third kappa shape index (κ3) is 15.9. The summed E-state index contributed by atoms with van der Waals surface area (Å²) in [5.41, 5.74) is 4.62. The van der Waals surface area contributed by atoms with E-state index in [0.29, 0.717) is 6.42 Å². The smallest absolute Gasteiger partial charge is 0.405 e. The molecule has 1 aromatic rings. The summed E-state index contributed by atoms with van der Waals surface area (Å²) in [5.74, 6) is -3.63. The van der Waals surface area contributed by atoms with E-state index in [9.17, 15) is 47.1 Å². The third-order valence-corrected chi connectivity index (χ3v) is 12.0. The molecule has 348 valence electrons. The van der Waals surface area contributed by atoms with Crippen molar-refractivity contribution in [2.45, 2.75) is 142 Å². The van der Waals surface area contributed by atoms with Crippen LogP contribution in [0.2, 0.25) is 0 Å². The van der Waals surface area contributed by atoms with Gasteiger partial charge < -0.3 is 42.3 Å². The molecule has 0 unspecified atom stereocenters. The minimum Gasteiger partial charge on any atom is -0.465 e. The molecule has 8 amide bonds. The maximum atomic E-state index is 14.2. The Morgan fingerprint density at radius 1 is 0.919 bits per heavy atom. The topological polar surface area (TPSA) is 279 Å². The molecule has 0 radical (unpaired) electrons. The van der Waals surface area contributed by atoms with Gasteiger partial charge in [0.05, 0.1) is 17.0 Å². The van der Waals surface area contributed by atoms with Crippen LogP contribution in [0.5, 0.6) is 0 Å². The number of carbonyl (C=O) groups is 7. The van der Waals surface area contributed by atoms with Crippen LogP contribution in [0.1, 0.15) is 101 Å². The molecule has 0 aliphatic carbocycles. The number of hydrogen-bond donors (Lipinski definition) is 8. The lowest BCUT2D eigenvalue weighted by molar-refractivity contribution is -0.142. The molecule has 9 N–H and O–H groups in total. The highest BCUT2D eigenvalue weighted by molar-refractivity contribution is 7.90. The Morgan fingerprint density at radius 2 is 1.53 bits per heavy atom. The quantitative estimate of drug-likeness (QED) is 0.0696. The SMILES string of the molecule is CC(=C[C@H](C(C)C)N(C)C(=O)[C@@H](NC(=O)[C@H]1CCCCN1C(C)C)C(C)(C)C)C(=O)NS(=O)(=O)c1ccc(NC(=O)[C@H](CCCNC(N)=O)NC(=O)[C@@H](NC(=O)O)C(C)C)cc1. The van der Waals surface area contributed by atoms with Crippen LogP contribution in [0.4, 0.5) is 15.3 Å². The van der Waals surface area contributed by atoms with Crippen LogP contribution in [0.3, 0.4) is 0 Å². The zero-order valence-corrected chi connectivity index (χ0v) is 38.8. The van der Waals surface area contributed by atoms with Gasteiger partial charge >= 0.3 is 12.1 Å². The Morgan fingerprint density at radius 3 is 2.05 bits per heavy atom. The van der Waals surface area contributed by atoms with Crippen LogP contribution in [0, 0.1) is 17.3 Å². The predicted octanol–water partition coefficient (Wildman–Crippen LogP) is 2.88. The molecule has 62 heavy (non-hydrogen) atoms. The first kappa shape index (κ1) is 52.9. The number of likely N-dealkylation sites (tertiary alicyclic amines) is 1. The van der Waals surface area contributed by atoms with Gasteiger partial charge in [0.15, 0.2) is 0 Å². The summed E-state index contributed by atoms with van der Waals surface area (Å²) in [6, 6.07) is 0.0128. The highest BCUT2D eigenvalue weighted by Crippen LogP contribution is 2.26. The first-order valence-corrected chi connectivity index (χ1v) is 22.5. The van der Waals surface area contributed by atoms with Gasteiger partial charge in [0, 0.05) is 30.9 Å². The molecule has 0 saturated carbocycles. The molecule has 1 saturated heterocycles. The van der Waals surface area contributed by atoms with E-state index in [1.165, 1.54) is 30.0 Å². The fourth-order valence-corrected chi connectivity index (χ4v) is 8.12. The molecule has 1 fully saturated rings. The molecular formula is C42H69N9O10S. The Hall–Kier alpha value is -5.24. The number of rotatable bonds is 20. The molecule has 20 heteroatoms. The van der Waals surface area contributed by atoms with E-state index in [1.54, 1.807) is 20.9 Å². The number of carboxylic acid groups (broad SMARTS) is 1. The second-order valence-electron chi connectivity index (χ2n) is 17.8. The zero-order chi connectivity index (χ0) is 47.3. The number of carbonyl (C=O) groups excluding carboxylic acids is 6. The van der Waals surface area contributed by atoms with Gasteiger partial charge in [-0.2, -0.15) is 0 Å². The summed E-state index contributed by atoms with van der Waals surface area (Å²) in [7, 11) is -2.84. The third-order valence-electron chi connectivity index (χ3n) is 10.7. The molecule has 0 spiro atoms. The van der Waals surface area contributed by atoms with Crippen molar-refractivity contribution in [2.75, 3.05) is 25.5 Å². The minimum atomic E-state index is -4.43. The summed E-state index contributed by atoms with van der Waals surface area (Å²) in [4.78, 5) is 93.3. The highest BCUT2D eigenvalue weighted by atomic mass is 32.2. The first-order chi connectivity index (χ1) is 28.7. The van der Waals surface area contributed by atoms with E-state index < -0.39 is 75.4 Å². The number of hydrogen-bond acceptors (Lipinski definition) is 10. The number of nitrogens with two attached hydrogens (primary N) is 1.